The van der Waals surface area contributed by atoms with Crippen LogP contribution in [0.25, 0.3) is 10.9 Å². The van der Waals surface area contributed by atoms with Gasteiger partial charge in [-0.05, 0) is 60.6 Å². The number of amides is 1. The van der Waals surface area contributed by atoms with Crippen LogP contribution in [0.4, 0.5) is 8.78 Å². The summed E-state index contributed by atoms with van der Waals surface area (Å²) in [5, 5.41) is 10.1. The molecule has 5 rings (SSSR count). The highest BCUT2D eigenvalue weighted by atomic mass is 19.1. The number of carboxylic acids is 1. The fourth-order valence-electron chi connectivity index (χ4n) is 6.11. The van der Waals surface area contributed by atoms with Gasteiger partial charge in [0.15, 0.2) is 0 Å². The SMILES string of the molecule is O=C(O)C1CCN(C(=O)C[C@H](c2ccc(F)cc2)c2c[nH]c3cccc(F)c23)C2CCCCC12. The van der Waals surface area contributed by atoms with E-state index < -0.39 is 17.8 Å². The minimum atomic E-state index is -0.776. The van der Waals surface area contributed by atoms with Crippen molar-refractivity contribution < 1.29 is 23.5 Å². The van der Waals surface area contributed by atoms with Gasteiger partial charge in [-0.1, -0.05) is 31.0 Å². The van der Waals surface area contributed by atoms with E-state index in [2.05, 4.69) is 4.98 Å². The molecule has 0 spiro atoms. The number of H-pyrrole nitrogens is 1. The number of fused-ring (bicyclic) bond motifs is 2. The molecule has 2 fully saturated rings. The van der Waals surface area contributed by atoms with Crippen molar-refractivity contribution in [2.45, 2.75) is 50.5 Å². The predicted molar refractivity (Wildman–Crippen MR) is 124 cm³/mol. The molecule has 0 bridgehead atoms. The maximum Gasteiger partial charge on any atom is 0.306 e. The second kappa shape index (κ2) is 9.20. The zero-order chi connectivity index (χ0) is 23.8. The van der Waals surface area contributed by atoms with Crippen molar-refractivity contribution in [3.8, 4) is 0 Å². The molecule has 2 aromatic carbocycles. The van der Waals surface area contributed by atoms with E-state index in [-0.39, 0.29) is 35.9 Å². The molecule has 1 amide bonds. The molecule has 2 aliphatic rings. The number of carboxylic acid groups (broad SMARTS) is 1. The molecule has 4 atom stereocenters. The van der Waals surface area contributed by atoms with Crippen LogP contribution in [-0.4, -0.2) is 39.5 Å². The van der Waals surface area contributed by atoms with E-state index in [9.17, 15) is 23.5 Å². The lowest BCUT2D eigenvalue weighted by atomic mass is 9.71. The molecule has 34 heavy (non-hydrogen) atoms. The maximum atomic E-state index is 14.8. The van der Waals surface area contributed by atoms with Crippen LogP contribution in [0.3, 0.4) is 0 Å². The molecule has 1 aliphatic heterocycles. The smallest absolute Gasteiger partial charge is 0.306 e. The fraction of sp³-hybridized carbons (Fsp3) is 0.407. The number of carbonyl (C=O) groups excluding carboxylic acids is 1. The highest BCUT2D eigenvalue weighted by Crippen LogP contribution is 2.41. The van der Waals surface area contributed by atoms with Gasteiger partial charge in [0.25, 0.3) is 0 Å². The lowest BCUT2D eigenvalue weighted by Gasteiger charge is -2.47. The summed E-state index contributed by atoms with van der Waals surface area (Å²) >= 11 is 0. The summed E-state index contributed by atoms with van der Waals surface area (Å²) in [7, 11) is 0. The number of likely N-dealkylation sites (tertiary alicyclic amines) is 1. The molecule has 2 N–H and O–H groups in total. The zero-order valence-corrected chi connectivity index (χ0v) is 18.8. The summed E-state index contributed by atoms with van der Waals surface area (Å²) in [4.78, 5) is 30.5. The quantitative estimate of drug-likeness (QED) is 0.524. The number of rotatable bonds is 5. The average molecular weight is 467 g/mol. The van der Waals surface area contributed by atoms with Crippen LogP contribution in [0, 0.1) is 23.5 Å². The minimum absolute atomic E-state index is 0.0289. The van der Waals surface area contributed by atoms with Crippen LogP contribution in [0.5, 0.6) is 0 Å². The van der Waals surface area contributed by atoms with Crippen molar-refractivity contribution in [1.82, 2.24) is 9.88 Å². The van der Waals surface area contributed by atoms with Crippen LogP contribution in [0.2, 0.25) is 0 Å². The summed E-state index contributed by atoms with van der Waals surface area (Å²) < 4.78 is 28.5. The van der Waals surface area contributed by atoms with Gasteiger partial charge in [0.1, 0.15) is 11.6 Å². The number of hydrogen-bond acceptors (Lipinski definition) is 2. The number of carbonyl (C=O) groups is 2. The molecule has 1 aromatic heterocycles. The molecule has 5 nitrogen and oxygen atoms in total. The van der Waals surface area contributed by atoms with Gasteiger partial charge in [0.05, 0.1) is 5.92 Å². The second-order valence-corrected chi connectivity index (χ2v) is 9.55. The first-order valence-electron chi connectivity index (χ1n) is 12.0. The molecular formula is C27H28F2N2O3. The number of nitrogens with one attached hydrogen (secondary N) is 1. The summed E-state index contributed by atoms with van der Waals surface area (Å²) in [5.41, 5.74) is 2.04. The van der Waals surface area contributed by atoms with Gasteiger partial charge in [-0.3, -0.25) is 9.59 Å². The van der Waals surface area contributed by atoms with Gasteiger partial charge in [0.2, 0.25) is 5.91 Å². The number of hydrogen-bond donors (Lipinski definition) is 2. The minimum Gasteiger partial charge on any atom is -0.481 e. The number of aromatic nitrogens is 1. The summed E-state index contributed by atoms with van der Waals surface area (Å²) in [6.45, 7) is 0.412. The molecule has 2 heterocycles. The summed E-state index contributed by atoms with van der Waals surface area (Å²) in [6, 6.07) is 10.7. The van der Waals surface area contributed by atoms with Crippen LogP contribution in [0.1, 0.15) is 55.6 Å². The third-order valence-corrected chi connectivity index (χ3v) is 7.73. The number of aliphatic carboxylic acids is 1. The van der Waals surface area contributed by atoms with Gasteiger partial charge >= 0.3 is 5.97 Å². The van der Waals surface area contributed by atoms with Gasteiger partial charge in [-0.2, -0.15) is 0 Å². The van der Waals surface area contributed by atoms with E-state index in [1.165, 1.54) is 18.2 Å². The Balaban J connectivity index is 1.48. The van der Waals surface area contributed by atoms with Crippen molar-refractivity contribution in [2.75, 3.05) is 6.54 Å². The van der Waals surface area contributed by atoms with Gasteiger partial charge in [-0.15, -0.1) is 0 Å². The standard InChI is InChI=1S/C27H28F2N2O3/c28-17-10-8-16(9-11-17)20(21-15-30-23-6-3-5-22(29)26(21)23)14-25(32)31-13-12-19(27(33)34)18-4-1-2-7-24(18)31/h3,5-6,8-11,15,18-20,24,30H,1-2,4,7,12-14H2,(H,33,34)/t18?,19?,20-,24?/m1/s1. The van der Waals surface area contributed by atoms with E-state index in [4.69, 9.17) is 0 Å². The van der Waals surface area contributed by atoms with E-state index in [1.807, 2.05) is 4.90 Å². The lowest BCUT2D eigenvalue weighted by Crippen LogP contribution is -2.54. The Morgan fingerprint density at radius 3 is 2.59 bits per heavy atom. The van der Waals surface area contributed by atoms with E-state index >= 15 is 0 Å². The Labute approximate surface area is 196 Å². The van der Waals surface area contributed by atoms with Crippen LogP contribution < -0.4 is 0 Å². The van der Waals surface area contributed by atoms with E-state index in [0.29, 0.717) is 29.4 Å². The van der Waals surface area contributed by atoms with E-state index in [1.54, 1.807) is 30.5 Å². The maximum absolute atomic E-state index is 14.8. The van der Waals surface area contributed by atoms with Crippen molar-refractivity contribution in [2.24, 2.45) is 11.8 Å². The monoisotopic (exact) mass is 466 g/mol. The van der Waals surface area contributed by atoms with E-state index in [0.717, 1.165) is 31.2 Å². The highest BCUT2D eigenvalue weighted by Gasteiger charge is 2.44. The van der Waals surface area contributed by atoms with Crippen LogP contribution in [-0.2, 0) is 9.59 Å². The molecule has 3 aromatic rings. The number of nitrogens with zero attached hydrogens (tertiary/aromatic N) is 1. The topological polar surface area (TPSA) is 73.4 Å². The molecule has 0 radical (unpaired) electrons. The molecule has 3 unspecified atom stereocenters. The Kier molecular flexibility index (Phi) is 6.11. The number of halogens is 2. The van der Waals surface area contributed by atoms with Crippen LogP contribution in [0.15, 0.2) is 48.7 Å². The highest BCUT2D eigenvalue weighted by molar-refractivity contribution is 5.86. The first-order valence-corrected chi connectivity index (χ1v) is 12.0. The van der Waals surface area contributed by atoms with Gasteiger partial charge in [-0.25, -0.2) is 8.78 Å². The van der Waals surface area contributed by atoms with Crippen LogP contribution >= 0.6 is 0 Å². The van der Waals surface area contributed by atoms with Crippen molar-refractivity contribution in [3.63, 3.8) is 0 Å². The third kappa shape index (κ3) is 4.08. The largest absolute Gasteiger partial charge is 0.481 e. The Hall–Kier alpha value is -3.22. The number of piperidine rings is 1. The lowest BCUT2D eigenvalue weighted by molar-refractivity contribution is -0.153. The summed E-state index contributed by atoms with van der Waals surface area (Å²) in [5.74, 6) is -2.49. The van der Waals surface area contributed by atoms with Crippen molar-refractivity contribution >= 4 is 22.8 Å². The molecule has 1 aliphatic carbocycles. The van der Waals surface area contributed by atoms with Crippen molar-refractivity contribution in [1.29, 1.82) is 0 Å². The molecule has 178 valence electrons. The molecule has 1 saturated carbocycles. The normalized spacial score (nSPS) is 23.5. The Bertz CT molecular complexity index is 1210. The number of aromatic amines is 1. The molecule has 7 heteroatoms. The second-order valence-electron chi connectivity index (χ2n) is 9.55. The molecular weight excluding hydrogens is 438 g/mol. The number of benzene rings is 2. The Morgan fingerprint density at radius 1 is 1.06 bits per heavy atom. The Morgan fingerprint density at radius 2 is 1.82 bits per heavy atom. The fourth-order valence-corrected chi connectivity index (χ4v) is 6.11. The van der Waals surface area contributed by atoms with Gasteiger partial charge in [0, 0.05) is 42.0 Å². The first-order chi connectivity index (χ1) is 16.4. The predicted octanol–water partition coefficient (Wildman–Crippen LogP) is 5.46. The zero-order valence-electron chi connectivity index (χ0n) is 18.8. The molecule has 1 saturated heterocycles. The summed E-state index contributed by atoms with van der Waals surface area (Å²) in [6.07, 6.45) is 5.88. The van der Waals surface area contributed by atoms with Crippen molar-refractivity contribution in [3.05, 3.63) is 71.4 Å². The van der Waals surface area contributed by atoms with Gasteiger partial charge < -0.3 is 15.0 Å². The third-order valence-electron chi connectivity index (χ3n) is 7.73. The first kappa shape index (κ1) is 22.6. The average Bonchev–Trinajstić information content (AvgIpc) is 3.27.